The predicted octanol–water partition coefficient (Wildman–Crippen LogP) is -4.59. The monoisotopic (exact) mass is 316 g/mol. The average molecular weight is 316 g/mol. The zero-order valence-electron chi connectivity index (χ0n) is 8.32. The molecule has 0 saturated carbocycles. The minimum absolute atomic E-state index is 0. The zero-order chi connectivity index (χ0) is 13.8. The fourth-order valence-corrected chi connectivity index (χ4v) is 1.18. The van der Waals surface area contributed by atoms with Gasteiger partial charge in [-0.3, -0.25) is 9.79 Å². The first-order valence-corrected chi connectivity index (χ1v) is 5.75. The first-order chi connectivity index (χ1) is 7.60. The van der Waals surface area contributed by atoms with E-state index in [1.54, 1.807) is 0 Å². The van der Waals surface area contributed by atoms with Gasteiger partial charge >= 0.3 is 65.2 Å². The number of hydrogen-bond donors (Lipinski definition) is 7. The molecule has 0 saturated heterocycles. The molecule has 12 heteroatoms. The molecule has 0 unspecified atom stereocenters. The Labute approximate surface area is 144 Å². The first kappa shape index (κ1) is 21.4. The van der Waals surface area contributed by atoms with Crippen molar-refractivity contribution in [3.8, 4) is 0 Å². The van der Waals surface area contributed by atoms with Crippen LogP contribution in [0.4, 0.5) is 0 Å². The van der Waals surface area contributed by atoms with Gasteiger partial charge in [-0.1, -0.05) is 0 Å². The van der Waals surface area contributed by atoms with Crippen LogP contribution in [0.3, 0.4) is 0 Å². The van der Waals surface area contributed by atoms with Crippen molar-refractivity contribution in [1.29, 1.82) is 0 Å². The van der Waals surface area contributed by atoms with Crippen molar-refractivity contribution in [3.63, 3.8) is 0 Å². The second-order valence-electron chi connectivity index (χ2n) is 3.08. The Balaban J connectivity index is 0. The van der Waals surface area contributed by atoms with Crippen molar-refractivity contribution < 1.29 is 49.2 Å². The number of carbonyl (C=O) groups is 1. The van der Waals surface area contributed by atoms with Gasteiger partial charge < -0.3 is 30.1 Å². The van der Waals surface area contributed by atoms with E-state index in [0.717, 1.165) is 0 Å². The van der Waals surface area contributed by atoms with Gasteiger partial charge in [0, 0.05) is 0 Å². The number of phosphoric acid groups is 1. The van der Waals surface area contributed by atoms with Crippen LogP contribution in [0.2, 0.25) is 0 Å². The van der Waals surface area contributed by atoms with Crippen LogP contribution in [-0.2, 0) is 13.9 Å². The summed E-state index contributed by atoms with van der Waals surface area (Å²) in [6.07, 6.45) is -8.71. The molecule has 0 aliphatic heterocycles. The number of phosphoric ester groups is 1. The molecule has 0 aliphatic carbocycles. The number of rotatable bonds is 6. The normalized spacial score (nSPS) is 18.2. The molecular weight excluding hydrogens is 302 g/mol. The molecule has 0 spiro atoms. The molecular formula is C6H14KO10P. The number of aliphatic hydroxyl groups is 5. The summed E-state index contributed by atoms with van der Waals surface area (Å²) >= 11 is 0. The zero-order valence-corrected chi connectivity index (χ0v) is 9.21. The van der Waals surface area contributed by atoms with Crippen molar-refractivity contribution in [2.24, 2.45) is 0 Å². The van der Waals surface area contributed by atoms with Crippen LogP contribution in [0.1, 0.15) is 0 Å². The average Bonchev–Trinajstić information content (AvgIpc) is 2.22. The van der Waals surface area contributed by atoms with Crippen molar-refractivity contribution in [2.45, 2.75) is 24.4 Å². The second-order valence-corrected chi connectivity index (χ2v) is 4.24. The molecule has 0 rings (SSSR count). The Bertz CT molecular complexity index is 305. The summed E-state index contributed by atoms with van der Waals surface area (Å²) in [6, 6.07) is 0. The molecule has 0 fully saturated rings. The first-order valence-electron chi connectivity index (χ1n) is 4.22. The molecule has 0 aromatic rings. The van der Waals surface area contributed by atoms with Crippen LogP contribution in [0.15, 0.2) is 0 Å². The van der Waals surface area contributed by atoms with Gasteiger partial charge in [0.25, 0.3) is 0 Å². The van der Waals surface area contributed by atoms with Gasteiger partial charge in [0.15, 0.2) is 6.10 Å². The Morgan fingerprint density at radius 2 is 1.56 bits per heavy atom. The maximum atomic E-state index is 10.8. The fraction of sp³-hybridized carbons (Fsp3) is 0.833. The Morgan fingerprint density at radius 1 is 1.11 bits per heavy atom. The second kappa shape index (κ2) is 9.08. The van der Waals surface area contributed by atoms with Crippen LogP contribution < -0.4 is 0 Å². The summed E-state index contributed by atoms with van der Waals surface area (Å²) in [6.45, 7) is -0.960. The van der Waals surface area contributed by atoms with Crippen LogP contribution in [0.5, 0.6) is 0 Å². The van der Waals surface area contributed by atoms with E-state index in [4.69, 9.17) is 35.3 Å². The quantitative estimate of drug-likeness (QED) is 0.186. The standard InChI is InChI=1S/C6H13O10P.K.H/c7-1-2(8)3(9)4(10)5(11)6(12)16-17(13,14)15;;/h2-5,7-11H,1H2,(H2,13,14,15);;/t2-,3-,4+,5-;;/m1../s1. The van der Waals surface area contributed by atoms with Gasteiger partial charge in [-0.15, -0.1) is 0 Å². The molecule has 7 N–H and O–H groups in total. The molecule has 10 nitrogen and oxygen atoms in total. The third-order valence-electron chi connectivity index (χ3n) is 1.71. The van der Waals surface area contributed by atoms with E-state index < -0.39 is 44.8 Å². The van der Waals surface area contributed by atoms with Crippen molar-refractivity contribution in [1.82, 2.24) is 0 Å². The molecule has 104 valence electrons. The van der Waals surface area contributed by atoms with Crippen LogP contribution in [-0.4, -0.2) is 124 Å². The van der Waals surface area contributed by atoms with Gasteiger partial charge in [0.05, 0.1) is 6.61 Å². The van der Waals surface area contributed by atoms with Gasteiger partial charge in [0.2, 0.25) is 0 Å². The Kier molecular flexibility index (Phi) is 10.8. The molecule has 0 aromatic heterocycles. The van der Waals surface area contributed by atoms with Crippen LogP contribution >= 0.6 is 7.82 Å². The SMILES string of the molecule is O=C(OP(=O)(O)O)[C@H](O)[C@@H](O)[C@H](O)[C@H](O)CO.[KH]. The van der Waals surface area contributed by atoms with Gasteiger partial charge in [0.1, 0.15) is 18.3 Å². The Morgan fingerprint density at radius 3 is 1.89 bits per heavy atom. The topological polar surface area (TPSA) is 185 Å². The van der Waals surface area contributed by atoms with E-state index in [-0.39, 0.29) is 51.4 Å². The minimum atomic E-state index is -5.19. The maximum absolute atomic E-state index is 10.8. The summed E-state index contributed by atoms with van der Waals surface area (Å²) in [7, 11) is -5.19. The summed E-state index contributed by atoms with van der Waals surface area (Å²) in [5, 5.41) is 44.6. The Hall–Kier alpha value is 1.06. The summed E-state index contributed by atoms with van der Waals surface area (Å²) in [4.78, 5) is 27.3. The van der Waals surface area contributed by atoms with Gasteiger partial charge in [-0.2, -0.15) is 0 Å². The molecule has 0 amide bonds. The van der Waals surface area contributed by atoms with E-state index in [1.807, 2.05) is 0 Å². The fourth-order valence-electron chi connectivity index (χ4n) is 0.833. The molecule has 0 aliphatic rings. The molecule has 0 radical (unpaired) electrons. The van der Waals surface area contributed by atoms with E-state index in [0.29, 0.717) is 0 Å². The van der Waals surface area contributed by atoms with Gasteiger partial charge in [-0.25, -0.2) is 9.36 Å². The summed E-state index contributed by atoms with van der Waals surface area (Å²) in [5.41, 5.74) is 0. The molecule has 0 heterocycles. The number of aliphatic hydroxyl groups excluding tert-OH is 5. The van der Waals surface area contributed by atoms with E-state index in [2.05, 4.69) is 4.52 Å². The molecule has 4 atom stereocenters. The van der Waals surface area contributed by atoms with E-state index in [1.165, 1.54) is 0 Å². The van der Waals surface area contributed by atoms with Crippen molar-refractivity contribution in [2.75, 3.05) is 6.61 Å². The summed E-state index contributed by atoms with van der Waals surface area (Å²) in [5.74, 6) is -1.88. The number of hydrogen-bond acceptors (Lipinski definition) is 8. The van der Waals surface area contributed by atoms with E-state index >= 15 is 0 Å². The molecule has 0 aromatic carbocycles. The van der Waals surface area contributed by atoms with Crippen LogP contribution in [0.25, 0.3) is 0 Å². The van der Waals surface area contributed by atoms with E-state index in [9.17, 15) is 9.36 Å². The van der Waals surface area contributed by atoms with Crippen molar-refractivity contribution in [3.05, 3.63) is 0 Å². The predicted molar refractivity (Wildman–Crippen MR) is 56.4 cm³/mol. The molecule has 0 bridgehead atoms. The van der Waals surface area contributed by atoms with Crippen molar-refractivity contribution >= 4 is 65.2 Å². The molecule has 18 heavy (non-hydrogen) atoms. The third kappa shape index (κ3) is 7.60. The number of carbonyl (C=O) groups excluding carboxylic acids is 1. The third-order valence-corrected chi connectivity index (χ3v) is 2.12. The van der Waals surface area contributed by atoms with Crippen LogP contribution in [0, 0.1) is 0 Å². The summed E-state index contributed by atoms with van der Waals surface area (Å²) < 4.78 is 13.7. The van der Waals surface area contributed by atoms with Gasteiger partial charge in [-0.05, 0) is 0 Å².